The molecule has 1 aromatic heterocycles. The number of aromatic nitrogens is 2. The van der Waals surface area contributed by atoms with Crippen LogP contribution in [-0.4, -0.2) is 17.2 Å². The molecule has 0 saturated carbocycles. The lowest BCUT2D eigenvalue weighted by molar-refractivity contribution is 0.364. The van der Waals surface area contributed by atoms with Gasteiger partial charge in [0, 0.05) is 12.2 Å². The number of nitrogens with one attached hydrogen (secondary N) is 1. The molecule has 1 heterocycles. The lowest BCUT2D eigenvalue weighted by Crippen LogP contribution is -2.20. The Kier molecular flexibility index (Phi) is 6.78. The lowest BCUT2D eigenvalue weighted by atomic mass is 9.90. The molecule has 2 unspecified atom stereocenters. The van der Waals surface area contributed by atoms with Crippen LogP contribution in [0, 0.1) is 5.92 Å². The molecule has 0 aromatic carbocycles. The summed E-state index contributed by atoms with van der Waals surface area (Å²) in [7, 11) is 2.03. The van der Waals surface area contributed by atoms with Crippen molar-refractivity contribution in [3.8, 4) is 0 Å². The van der Waals surface area contributed by atoms with Crippen LogP contribution in [0.2, 0.25) is 0 Å². The van der Waals surface area contributed by atoms with Gasteiger partial charge in [-0.25, -0.2) is 0 Å². The average Bonchev–Trinajstić information content (AvgIpc) is 2.40. The number of hydrogen-bond acceptors (Lipinski definition) is 3. The molecule has 1 rings (SSSR count). The molecule has 0 amide bonds. The summed E-state index contributed by atoms with van der Waals surface area (Å²) < 4.78 is 0. The van der Waals surface area contributed by atoms with Crippen LogP contribution in [0.5, 0.6) is 0 Å². The van der Waals surface area contributed by atoms with Gasteiger partial charge in [0.15, 0.2) is 0 Å². The van der Waals surface area contributed by atoms with Crippen LogP contribution in [0.25, 0.3) is 0 Å². The molecule has 0 bridgehead atoms. The van der Waals surface area contributed by atoms with Crippen molar-refractivity contribution in [3.63, 3.8) is 0 Å². The standard InChI is InChI=1S/C14H25N3/c1-4-6-7-12(5-2)10-14(15-3)13-8-9-16-17-11-13/h8-9,11-12,14-15H,4-7,10H2,1-3H3. The zero-order valence-corrected chi connectivity index (χ0v) is 11.3. The third kappa shape index (κ3) is 4.82. The molecule has 0 saturated heterocycles. The second kappa shape index (κ2) is 8.18. The van der Waals surface area contributed by atoms with Gasteiger partial charge in [0.25, 0.3) is 0 Å². The molecule has 0 aliphatic heterocycles. The molecule has 3 nitrogen and oxygen atoms in total. The second-order valence-corrected chi connectivity index (χ2v) is 4.67. The van der Waals surface area contributed by atoms with Gasteiger partial charge in [-0.3, -0.25) is 0 Å². The Balaban J connectivity index is 2.56. The predicted molar refractivity (Wildman–Crippen MR) is 71.8 cm³/mol. The van der Waals surface area contributed by atoms with Crippen LogP contribution in [0.3, 0.4) is 0 Å². The first-order valence-corrected chi connectivity index (χ1v) is 6.75. The summed E-state index contributed by atoms with van der Waals surface area (Å²) in [6.07, 6.45) is 10.1. The summed E-state index contributed by atoms with van der Waals surface area (Å²) >= 11 is 0. The van der Waals surface area contributed by atoms with Gasteiger partial charge >= 0.3 is 0 Å². The number of rotatable bonds is 8. The molecule has 96 valence electrons. The topological polar surface area (TPSA) is 37.8 Å². The van der Waals surface area contributed by atoms with Crippen molar-refractivity contribution >= 4 is 0 Å². The SMILES string of the molecule is CCCCC(CC)CC(NC)c1ccnnc1. The van der Waals surface area contributed by atoms with Crippen molar-refractivity contribution < 1.29 is 0 Å². The van der Waals surface area contributed by atoms with Crippen LogP contribution >= 0.6 is 0 Å². The Morgan fingerprint density at radius 1 is 1.29 bits per heavy atom. The zero-order valence-electron chi connectivity index (χ0n) is 11.3. The fourth-order valence-corrected chi connectivity index (χ4v) is 2.24. The van der Waals surface area contributed by atoms with Gasteiger partial charge in [-0.05, 0) is 31.0 Å². The van der Waals surface area contributed by atoms with Crippen LogP contribution in [0.15, 0.2) is 18.5 Å². The normalized spacial score (nSPS) is 14.5. The zero-order chi connectivity index (χ0) is 12.5. The molecule has 3 heteroatoms. The Morgan fingerprint density at radius 3 is 2.65 bits per heavy atom. The minimum atomic E-state index is 0.410. The third-order valence-electron chi connectivity index (χ3n) is 3.47. The maximum atomic E-state index is 3.96. The Bertz CT molecular complexity index is 287. The van der Waals surface area contributed by atoms with Gasteiger partial charge in [0.2, 0.25) is 0 Å². The maximum Gasteiger partial charge on any atom is 0.0544 e. The van der Waals surface area contributed by atoms with Crippen molar-refractivity contribution in [1.82, 2.24) is 15.5 Å². The molecule has 2 atom stereocenters. The highest BCUT2D eigenvalue weighted by Gasteiger charge is 2.15. The van der Waals surface area contributed by atoms with Crippen molar-refractivity contribution in [3.05, 3.63) is 24.0 Å². The van der Waals surface area contributed by atoms with E-state index in [9.17, 15) is 0 Å². The fourth-order valence-electron chi connectivity index (χ4n) is 2.24. The van der Waals surface area contributed by atoms with E-state index < -0.39 is 0 Å². The van der Waals surface area contributed by atoms with E-state index in [-0.39, 0.29) is 0 Å². The maximum absolute atomic E-state index is 3.96. The molecule has 0 spiro atoms. The van der Waals surface area contributed by atoms with Crippen LogP contribution in [0.1, 0.15) is 57.6 Å². The molecule has 1 N–H and O–H groups in total. The summed E-state index contributed by atoms with van der Waals surface area (Å²) in [6.45, 7) is 4.55. The minimum absolute atomic E-state index is 0.410. The van der Waals surface area contributed by atoms with Gasteiger partial charge in [0.1, 0.15) is 0 Å². The van der Waals surface area contributed by atoms with Gasteiger partial charge in [-0.2, -0.15) is 10.2 Å². The summed E-state index contributed by atoms with van der Waals surface area (Å²) in [6, 6.07) is 2.47. The molecule has 0 aliphatic carbocycles. The third-order valence-corrected chi connectivity index (χ3v) is 3.47. The first kappa shape index (κ1) is 14.1. The number of nitrogens with zero attached hydrogens (tertiary/aromatic N) is 2. The van der Waals surface area contributed by atoms with Crippen LogP contribution < -0.4 is 5.32 Å². The summed E-state index contributed by atoms with van der Waals surface area (Å²) in [4.78, 5) is 0. The molecule has 0 aliphatic rings. The Morgan fingerprint density at radius 2 is 2.12 bits per heavy atom. The largest absolute Gasteiger partial charge is 0.313 e. The van der Waals surface area contributed by atoms with Crippen LogP contribution in [-0.2, 0) is 0 Å². The molecule has 0 radical (unpaired) electrons. The van der Waals surface area contributed by atoms with E-state index in [4.69, 9.17) is 0 Å². The van der Waals surface area contributed by atoms with Gasteiger partial charge in [-0.15, -0.1) is 0 Å². The molecular weight excluding hydrogens is 210 g/mol. The van der Waals surface area contributed by atoms with E-state index in [1.807, 2.05) is 13.2 Å². The summed E-state index contributed by atoms with van der Waals surface area (Å²) in [5.41, 5.74) is 1.25. The quantitative estimate of drug-likeness (QED) is 0.751. The molecular formula is C14H25N3. The molecule has 1 aromatic rings. The van der Waals surface area contributed by atoms with Crippen molar-refractivity contribution in [2.75, 3.05) is 7.05 Å². The summed E-state index contributed by atoms with van der Waals surface area (Å²) in [5.74, 6) is 0.806. The predicted octanol–water partition coefficient (Wildman–Crippen LogP) is 3.34. The van der Waals surface area contributed by atoms with Gasteiger partial charge < -0.3 is 5.32 Å². The minimum Gasteiger partial charge on any atom is -0.313 e. The molecule has 0 fully saturated rings. The smallest absolute Gasteiger partial charge is 0.0544 e. The van der Waals surface area contributed by atoms with Crippen molar-refractivity contribution in [1.29, 1.82) is 0 Å². The van der Waals surface area contributed by atoms with Crippen molar-refractivity contribution in [2.24, 2.45) is 5.92 Å². The van der Waals surface area contributed by atoms with Gasteiger partial charge in [-0.1, -0.05) is 39.5 Å². The number of unbranched alkanes of at least 4 members (excludes halogenated alkanes) is 1. The monoisotopic (exact) mass is 235 g/mol. The number of hydrogen-bond donors (Lipinski definition) is 1. The van der Waals surface area contributed by atoms with Crippen molar-refractivity contribution in [2.45, 2.75) is 52.0 Å². The van der Waals surface area contributed by atoms with Gasteiger partial charge in [0.05, 0.1) is 6.20 Å². The van der Waals surface area contributed by atoms with Crippen LogP contribution in [0.4, 0.5) is 0 Å². The fraction of sp³-hybridized carbons (Fsp3) is 0.714. The Labute approximate surface area is 105 Å². The highest BCUT2D eigenvalue weighted by Crippen LogP contribution is 2.25. The van der Waals surface area contributed by atoms with E-state index in [0.717, 1.165) is 5.92 Å². The highest BCUT2D eigenvalue weighted by atomic mass is 15.1. The van der Waals surface area contributed by atoms with E-state index >= 15 is 0 Å². The van der Waals surface area contributed by atoms with E-state index in [2.05, 4.69) is 35.4 Å². The molecule has 17 heavy (non-hydrogen) atoms. The highest BCUT2D eigenvalue weighted by molar-refractivity contribution is 5.11. The van der Waals surface area contributed by atoms with E-state index in [0.29, 0.717) is 6.04 Å². The lowest BCUT2D eigenvalue weighted by Gasteiger charge is -2.22. The first-order chi connectivity index (χ1) is 8.31. The first-order valence-electron chi connectivity index (χ1n) is 6.75. The average molecular weight is 235 g/mol. The summed E-state index contributed by atoms with van der Waals surface area (Å²) in [5, 5.41) is 11.2. The Hall–Kier alpha value is -0.960. The second-order valence-electron chi connectivity index (χ2n) is 4.67. The van der Waals surface area contributed by atoms with E-state index in [1.54, 1.807) is 6.20 Å². The van der Waals surface area contributed by atoms with E-state index in [1.165, 1.54) is 37.7 Å².